The molecule has 0 N–H and O–H groups in total. The van der Waals surface area contributed by atoms with Crippen LogP contribution in [0.5, 0.6) is 0 Å². The summed E-state index contributed by atoms with van der Waals surface area (Å²) in [5.41, 5.74) is 1.37. The second-order valence-electron chi connectivity index (χ2n) is 3.59. The van der Waals surface area contributed by atoms with E-state index >= 15 is 0 Å². The Morgan fingerprint density at radius 1 is 0.611 bits per heavy atom. The molecule has 0 saturated heterocycles. The van der Waals surface area contributed by atoms with Gasteiger partial charge in [0.2, 0.25) is 0 Å². The predicted octanol–water partition coefficient (Wildman–Crippen LogP) is 6.30. The standard InChI is InChI=1S/C14H8Cl4/c15-11-7-3-1-5-9(11)13(17)14(18)10-6-2-4-8-12(10)16/h1-8H/b14-13+. The molecule has 18 heavy (non-hydrogen) atoms. The van der Waals surface area contributed by atoms with Crippen LogP contribution in [-0.4, -0.2) is 0 Å². The van der Waals surface area contributed by atoms with Gasteiger partial charge in [-0.1, -0.05) is 82.8 Å². The van der Waals surface area contributed by atoms with Gasteiger partial charge in [-0.3, -0.25) is 0 Å². The van der Waals surface area contributed by atoms with Crippen molar-refractivity contribution >= 4 is 56.5 Å². The summed E-state index contributed by atoms with van der Waals surface area (Å²) in [6, 6.07) is 14.5. The van der Waals surface area contributed by atoms with E-state index in [-0.39, 0.29) is 0 Å². The molecule has 0 radical (unpaired) electrons. The summed E-state index contributed by atoms with van der Waals surface area (Å²) in [5.74, 6) is 0. The summed E-state index contributed by atoms with van der Waals surface area (Å²) in [6.45, 7) is 0. The minimum absolute atomic E-state index is 0.385. The highest BCUT2D eigenvalue weighted by Crippen LogP contribution is 2.37. The molecule has 0 aliphatic rings. The maximum Gasteiger partial charge on any atom is 0.0686 e. The van der Waals surface area contributed by atoms with Crippen molar-refractivity contribution in [2.24, 2.45) is 0 Å². The predicted molar refractivity (Wildman–Crippen MR) is 81.4 cm³/mol. The highest BCUT2D eigenvalue weighted by molar-refractivity contribution is 6.66. The zero-order chi connectivity index (χ0) is 13.1. The fraction of sp³-hybridized carbons (Fsp3) is 0. The minimum Gasteiger partial charge on any atom is -0.0836 e. The van der Waals surface area contributed by atoms with Gasteiger partial charge in [-0.25, -0.2) is 0 Å². The van der Waals surface area contributed by atoms with Crippen LogP contribution >= 0.6 is 46.4 Å². The Morgan fingerprint density at radius 3 is 1.28 bits per heavy atom. The van der Waals surface area contributed by atoms with E-state index in [1.165, 1.54) is 0 Å². The van der Waals surface area contributed by atoms with Crippen molar-refractivity contribution in [1.82, 2.24) is 0 Å². The molecule has 2 aromatic rings. The minimum atomic E-state index is 0.385. The summed E-state index contributed by atoms with van der Waals surface area (Å²) in [5, 5.41) is 1.87. The monoisotopic (exact) mass is 316 g/mol. The summed E-state index contributed by atoms with van der Waals surface area (Å²) in [7, 11) is 0. The molecular weight excluding hydrogens is 310 g/mol. The number of benzene rings is 2. The summed E-state index contributed by atoms with van der Waals surface area (Å²) >= 11 is 24.7. The van der Waals surface area contributed by atoms with E-state index in [1.807, 2.05) is 36.4 Å². The molecule has 2 aromatic carbocycles. The summed E-state index contributed by atoms with van der Waals surface area (Å²) < 4.78 is 0. The van der Waals surface area contributed by atoms with Gasteiger partial charge in [-0.15, -0.1) is 0 Å². The van der Waals surface area contributed by atoms with Crippen LogP contribution in [0.1, 0.15) is 11.1 Å². The second kappa shape index (κ2) is 5.99. The van der Waals surface area contributed by atoms with Crippen molar-refractivity contribution in [3.63, 3.8) is 0 Å². The van der Waals surface area contributed by atoms with Gasteiger partial charge in [-0.05, 0) is 12.1 Å². The Hall–Kier alpha value is -0.660. The van der Waals surface area contributed by atoms with Gasteiger partial charge in [0.15, 0.2) is 0 Å². The molecule has 0 bridgehead atoms. The van der Waals surface area contributed by atoms with Crippen LogP contribution in [0.15, 0.2) is 48.5 Å². The van der Waals surface area contributed by atoms with Gasteiger partial charge in [-0.2, -0.15) is 0 Å². The number of hydrogen-bond acceptors (Lipinski definition) is 0. The Bertz CT molecular complexity index is 549. The lowest BCUT2D eigenvalue weighted by atomic mass is 10.1. The van der Waals surface area contributed by atoms with E-state index in [0.29, 0.717) is 31.2 Å². The van der Waals surface area contributed by atoms with Gasteiger partial charge in [0.25, 0.3) is 0 Å². The third kappa shape index (κ3) is 2.84. The molecule has 0 nitrogen and oxygen atoms in total. The van der Waals surface area contributed by atoms with Gasteiger partial charge in [0.1, 0.15) is 0 Å². The average molecular weight is 318 g/mol. The molecule has 0 fully saturated rings. The molecular formula is C14H8Cl4. The lowest BCUT2D eigenvalue weighted by Crippen LogP contribution is -1.85. The van der Waals surface area contributed by atoms with Gasteiger partial charge in [0, 0.05) is 21.2 Å². The first kappa shape index (κ1) is 13.8. The van der Waals surface area contributed by atoms with Crippen LogP contribution < -0.4 is 0 Å². The Labute approximate surface area is 126 Å². The Morgan fingerprint density at radius 2 is 0.944 bits per heavy atom. The number of hydrogen-bond donors (Lipinski definition) is 0. The molecule has 0 amide bonds. The first-order valence-corrected chi connectivity index (χ1v) is 6.67. The first-order valence-electron chi connectivity index (χ1n) is 5.16. The molecule has 0 aliphatic heterocycles. The molecule has 0 saturated carbocycles. The Kier molecular flexibility index (Phi) is 4.58. The normalized spacial score (nSPS) is 12.2. The van der Waals surface area contributed by atoms with Crippen LogP contribution in [0.4, 0.5) is 0 Å². The van der Waals surface area contributed by atoms with Gasteiger partial charge >= 0.3 is 0 Å². The SMILES string of the molecule is Cl/C(=C(/Cl)c1ccccc1Cl)c1ccccc1Cl. The van der Waals surface area contributed by atoms with Crippen LogP contribution in [0, 0.1) is 0 Å². The Balaban J connectivity index is 2.55. The van der Waals surface area contributed by atoms with Crippen LogP contribution in [0.25, 0.3) is 10.1 Å². The topological polar surface area (TPSA) is 0 Å². The van der Waals surface area contributed by atoms with Crippen molar-refractivity contribution < 1.29 is 0 Å². The van der Waals surface area contributed by atoms with Crippen molar-refractivity contribution in [3.8, 4) is 0 Å². The smallest absolute Gasteiger partial charge is 0.0686 e. The van der Waals surface area contributed by atoms with Crippen molar-refractivity contribution in [2.45, 2.75) is 0 Å². The first-order chi connectivity index (χ1) is 8.61. The quantitative estimate of drug-likeness (QED) is 0.570. The summed E-state index contributed by atoms with van der Waals surface area (Å²) in [6.07, 6.45) is 0. The molecule has 2 rings (SSSR count). The zero-order valence-electron chi connectivity index (χ0n) is 9.13. The lowest BCUT2D eigenvalue weighted by molar-refractivity contribution is 1.62. The molecule has 0 aliphatic carbocycles. The van der Waals surface area contributed by atoms with Gasteiger partial charge in [0.05, 0.1) is 10.1 Å². The van der Waals surface area contributed by atoms with E-state index in [0.717, 1.165) is 0 Å². The van der Waals surface area contributed by atoms with Crippen LogP contribution in [0.3, 0.4) is 0 Å². The summed E-state index contributed by atoms with van der Waals surface area (Å²) in [4.78, 5) is 0. The van der Waals surface area contributed by atoms with E-state index in [2.05, 4.69) is 0 Å². The van der Waals surface area contributed by atoms with Crippen molar-refractivity contribution in [1.29, 1.82) is 0 Å². The average Bonchev–Trinajstić information content (AvgIpc) is 2.38. The van der Waals surface area contributed by atoms with Gasteiger partial charge < -0.3 is 0 Å². The van der Waals surface area contributed by atoms with E-state index in [9.17, 15) is 0 Å². The largest absolute Gasteiger partial charge is 0.0836 e. The van der Waals surface area contributed by atoms with Crippen molar-refractivity contribution in [2.75, 3.05) is 0 Å². The number of rotatable bonds is 2. The van der Waals surface area contributed by atoms with Crippen LogP contribution in [-0.2, 0) is 0 Å². The third-order valence-corrected chi connectivity index (χ3v) is 3.95. The van der Waals surface area contributed by atoms with Crippen molar-refractivity contribution in [3.05, 3.63) is 69.7 Å². The highest BCUT2D eigenvalue weighted by atomic mass is 35.5. The lowest BCUT2D eigenvalue weighted by Gasteiger charge is -2.07. The number of halogens is 4. The molecule has 0 aromatic heterocycles. The maximum absolute atomic E-state index is 6.27. The zero-order valence-corrected chi connectivity index (χ0v) is 12.2. The maximum atomic E-state index is 6.27. The fourth-order valence-electron chi connectivity index (χ4n) is 1.51. The highest BCUT2D eigenvalue weighted by Gasteiger charge is 2.12. The van der Waals surface area contributed by atoms with E-state index < -0.39 is 0 Å². The van der Waals surface area contributed by atoms with E-state index in [1.54, 1.807) is 12.1 Å². The molecule has 0 unspecified atom stereocenters. The molecule has 0 spiro atoms. The van der Waals surface area contributed by atoms with E-state index in [4.69, 9.17) is 46.4 Å². The van der Waals surface area contributed by atoms with Crippen LogP contribution in [0.2, 0.25) is 10.0 Å². The third-order valence-electron chi connectivity index (χ3n) is 2.41. The second-order valence-corrected chi connectivity index (χ2v) is 5.16. The molecule has 92 valence electrons. The fourth-order valence-corrected chi connectivity index (χ4v) is 2.61. The molecule has 0 heterocycles. The molecule has 0 atom stereocenters. The molecule has 4 heteroatoms.